The lowest BCUT2D eigenvalue weighted by molar-refractivity contribution is -0.135. The van der Waals surface area contributed by atoms with E-state index in [1.54, 1.807) is 6.07 Å². The van der Waals surface area contributed by atoms with E-state index in [9.17, 15) is 9.59 Å². The topological polar surface area (TPSA) is 96.7 Å². The number of carbonyl (C=O) groups excluding carboxylic acids is 2. The average Bonchev–Trinajstić information content (AvgIpc) is 3.25. The lowest BCUT2D eigenvalue weighted by Gasteiger charge is -2.16. The Bertz CT molecular complexity index is 546. The fourth-order valence-corrected chi connectivity index (χ4v) is 2.29. The second kappa shape index (κ2) is 7.05. The van der Waals surface area contributed by atoms with Crippen LogP contribution in [-0.4, -0.2) is 24.0 Å². The lowest BCUT2D eigenvalue weighted by atomic mass is 10.2. The van der Waals surface area contributed by atoms with E-state index in [2.05, 4.69) is 33.4 Å². The monoisotopic (exact) mass is 404 g/mol. The van der Waals surface area contributed by atoms with Crippen LogP contribution in [0.5, 0.6) is 0 Å². The first kappa shape index (κ1) is 16.0. The van der Waals surface area contributed by atoms with E-state index >= 15 is 0 Å². The lowest BCUT2D eigenvalue weighted by Crippen LogP contribution is -2.37. The molecule has 0 atom stereocenters. The molecule has 0 unspecified atom stereocenters. The van der Waals surface area contributed by atoms with Crippen molar-refractivity contribution in [3.8, 4) is 0 Å². The van der Waals surface area contributed by atoms with E-state index in [1.165, 1.54) is 7.05 Å². The molecule has 7 nitrogen and oxygen atoms in total. The van der Waals surface area contributed by atoms with Gasteiger partial charge in [-0.05, 0) is 47.6 Å². The maximum atomic E-state index is 11.6. The predicted octanol–water partition coefficient (Wildman–Crippen LogP) is 1.59. The van der Waals surface area contributed by atoms with Crippen LogP contribution in [0, 0.1) is 9.49 Å². The number of hydrogen-bond donors (Lipinski definition) is 3. The van der Waals surface area contributed by atoms with Gasteiger partial charge in [0.15, 0.2) is 0 Å². The third kappa shape index (κ3) is 4.55. The van der Waals surface area contributed by atoms with E-state index in [0.29, 0.717) is 5.69 Å². The first-order chi connectivity index (χ1) is 9.99. The van der Waals surface area contributed by atoms with Crippen LogP contribution in [0.2, 0.25) is 0 Å². The Morgan fingerprint density at radius 2 is 2.19 bits per heavy atom. The van der Waals surface area contributed by atoms with Crippen molar-refractivity contribution in [2.75, 3.05) is 12.4 Å². The third-order valence-corrected chi connectivity index (χ3v) is 4.03. The Labute approximate surface area is 136 Å². The number of carbonyl (C=O) groups is 2. The molecule has 0 aromatic heterocycles. The standard InChI is InChI=1S/C13H17IN4O3/c1-18(15)13(20)16-11-4-2-3-10(14)9(11)7-21-17-12(19)8-5-6-8/h2-4,8H,5-7,15H2,1H3,(H,16,20)(H,17,19). The number of nitrogens with one attached hydrogen (secondary N) is 2. The van der Waals surface area contributed by atoms with Gasteiger partial charge in [0.25, 0.3) is 0 Å². The molecule has 2 rings (SSSR count). The van der Waals surface area contributed by atoms with Gasteiger partial charge in [-0.2, -0.15) is 0 Å². The number of hydrogen-bond acceptors (Lipinski definition) is 4. The van der Waals surface area contributed by atoms with Crippen molar-refractivity contribution in [3.63, 3.8) is 0 Å². The maximum Gasteiger partial charge on any atom is 0.335 e. The van der Waals surface area contributed by atoms with Gasteiger partial charge in [-0.25, -0.2) is 16.1 Å². The fourth-order valence-electron chi connectivity index (χ4n) is 1.63. The van der Waals surface area contributed by atoms with Gasteiger partial charge in [-0.15, -0.1) is 0 Å². The van der Waals surface area contributed by atoms with E-state index in [0.717, 1.165) is 27.0 Å². The fraction of sp³-hybridized carbons (Fsp3) is 0.385. The van der Waals surface area contributed by atoms with Crippen LogP contribution in [0.15, 0.2) is 18.2 Å². The Kier molecular flexibility index (Phi) is 5.37. The number of amides is 3. The molecule has 1 aromatic carbocycles. The van der Waals surface area contributed by atoms with Gasteiger partial charge < -0.3 is 5.32 Å². The number of nitrogens with zero attached hydrogens (tertiary/aromatic N) is 1. The number of halogens is 1. The molecular weight excluding hydrogens is 387 g/mol. The molecule has 1 saturated carbocycles. The quantitative estimate of drug-likeness (QED) is 0.301. The van der Waals surface area contributed by atoms with Crippen molar-refractivity contribution in [2.45, 2.75) is 19.4 Å². The van der Waals surface area contributed by atoms with E-state index in [4.69, 9.17) is 10.7 Å². The first-order valence-corrected chi connectivity index (χ1v) is 7.55. The number of hydrazine groups is 1. The van der Waals surface area contributed by atoms with E-state index in [1.807, 2.05) is 12.1 Å². The summed E-state index contributed by atoms with van der Waals surface area (Å²) in [5.41, 5.74) is 3.82. The number of rotatable bonds is 5. The number of urea groups is 1. The van der Waals surface area contributed by atoms with Crippen molar-refractivity contribution in [1.82, 2.24) is 10.5 Å². The first-order valence-electron chi connectivity index (χ1n) is 6.47. The Morgan fingerprint density at radius 3 is 2.81 bits per heavy atom. The van der Waals surface area contributed by atoms with Crippen molar-refractivity contribution in [3.05, 3.63) is 27.3 Å². The van der Waals surface area contributed by atoms with Crippen molar-refractivity contribution in [1.29, 1.82) is 0 Å². The second-order valence-electron chi connectivity index (χ2n) is 4.84. The average molecular weight is 404 g/mol. The highest BCUT2D eigenvalue weighted by Crippen LogP contribution is 2.29. The van der Waals surface area contributed by atoms with Crippen LogP contribution in [0.3, 0.4) is 0 Å². The van der Waals surface area contributed by atoms with E-state index in [-0.39, 0.29) is 18.4 Å². The molecule has 1 aromatic rings. The molecule has 21 heavy (non-hydrogen) atoms. The summed E-state index contributed by atoms with van der Waals surface area (Å²) >= 11 is 2.14. The molecule has 0 bridgehead atoms. The molecule has 0 spiro atoms. The minimum atomic E-state index is -0.430. The largest absolute Gasteiger partial charge is 0.335 e. The molecule has 3 amide bonds. The summed E-state index contributed by atoms with van der Waals surface area (Å²) in [7, 11) is 1.45. The van der Waals surface area contributed by atoms with Crippen LogP contribution in [0.1, 0.15) is 18.4 Å². The Morgan fingerprint density at radius 1 is 1.48 bits per heavy atom. The highest BCUT2D eigenvalue weighted by Gasteiger charge is 2.29. The Hall–Kier alpha value is -1.39. The SMILES string of the molecule is CN(N)C(=O)Nc1cccc(I)c1CONC(=O)C1CC1. The maximum absolute atomic E-state index is 11.6. The van der Waals surface area contributed by atoms with Crippen molar-refractivity contribution in [2.24, 2.45) is 11.8 Å². The molecule has 0 heterocycles. The molecule has 0 radical (unpaired) electrons. The Balaban J connectivity index is 1.99. The van der Waals surface area contributed by atoms with Gasteiger partial charge in [0.1, 0.15) is 6.61 Å². The summed E-state index contributed by atoms with van der Waals surface area (Å²) in [6.07, 6.45) is 1.84. The number of hydroxylamine groups is 1. The molecule has 1 aliphatic rings. The van der Waals surface area contributed by atoms with Crippen LogP contribution < -0.4 is 16.6 Å². The number of anilines is 1. The molecule has 0 aliphatic heterocycles. The summed E-state index contributed by atoms with van der Waals surface area (Å²) in [6.45, 7) is 0.168. The third-order valence-electron chi connectivity index (χ3n) is 3.02. The van der Waals surface area contributed by atoms with Gasteiger partial charge in [0.2, 0.25) is 5.91 Å². The smallest absolute Gasteiger partial charge is 0.306 e. The minimum absolute atomic E-state index is 0.0879. The van der Waals surface area contributed by atoms with Crippen LogP contribution >= 0.6 is 22.6 Å². The van der Waals surface area contributed by atoms with Gasteiger partial charge in [0, 0.05) is 27.8 Å². The summed E-state index contributed by atoms with van der Waals surface area (Å²) < 4.78 is 0.922. The van der Waals surface area contributed by atoms with Crippen LogP contribution in [0.4, 0.5) is 10.5 Å². The zero-order valence-electron chi connectivity index (χ0n) is 11.6. The van der Waals surface area contributed by atoms with Crippen molar-refractivity contribution >= 4 is 40.2 Å². The summed E-state index contributed by atoms with van der Waals surface area (Å²) in [4.78, 5) is 28.4. The minimum Gasteiger partial charge on any atom is -0.306 e. The van der Waals surface area contributed by atoms with Crippen LogP contribution in [-0.2, 0) is 16.2 Å². The number of nitrogens with two attached hydrogens (primary N) is 1. The van der Waals surface area contributed by atoms with E-state index < -0.39 is 6.03 Å². The molecule has 1 fully saturated rings. The van der Waals surface area contributed by atoms with Gasteiger partial charge in [-0.3, -0.25) is 14.6 Å². The zero-order chi connectivity index (χ0) is 15.4. The molecular formula is C13H17IN4O3. The normalized spacial score (nSPS) is 13.7. The van der Waals surface area contributed by atoms with Crippen molar-refractivity contribution < 1.29 is 14.4 Å². The van der Waals surface area contributed by atoms with Gasteiger partial charge in [-0.1, -0.05) is 6.07 Å². The molecule has 4 N–H and O–H groups in total. The highest BCUT2D eigenvalue weighted by molar-refractivity contribution is 14.1. The predicted molar refractivity (Wildman–Crippen MR) is 85.8 cm³/mol. The molecule has 8 heteroatoms. The molecule has 114 valence electrons. The molecule has 1 aliphatic carbocycles. The second-order valence-corrected chi connectivity index (χ2v) is 6.00. The van der Waals surface area contributed by atoms with Gasteiger partial charge in [0.05, 0.1) is 0 Å². The highest BCUT2D eigenvalue weighted by atomic mass is 127. The zero-order valence-corrected chi connectivity index (χ0v) is 13.7. The van der Waals surface area contributed by atoms with Crippen LogP contribution in [0.25, 0.3) is 0 Å². The molecule has 0 saturated heterocycles. The summed E-state index contributed by atoms with van der Waals surface area (Å²) in [5, 5.41) is 3.65. The summed E-state index contributed by atoms with van der Waals surface area (Å²) in [6, 6.07) is 5.04. The summed E-state index contributed by atoms with van der Waals surface area (Å²) in [5.74, 6) is 5.38. The number of benzene rings is 1. The van der Waals surface area contributed by atoms with Gasteiger partial charge >= 0.3 is 6.03 Å².